The first-order chi connectivity index (χ1) is 14.3. The lowest BCUT2D eigenvalue weighted by Crippen LogP contribution is -2.31. The minimum Gasteiger partial charge on any atom is -0.497 e. The van der Waals surface area contributed by atoms with Crippen molar-refractivity contribution in [2.75, 3.05) is 20.3 Å². The minimum atomic E-state index is -0.736. The van der Waals surface area contributed by atoms with Crippen molar-refractivity contribution >= 4 is 23.6 Å². The quantitative estimate of drug-likeness (QED) is 0.377. The Morgan fingerprint density at radius 2 is 1.57 bits per heavy atom. The van der Waals surface area contributed by atoms with Crippen molar-refractivity contribution in [2.45, 2.75) is 20.3 Å². The lowest BCUT2D eigenvalue weighted by Gasteiger charge is -2.14. The SMILES string of the molecule is COc1ccc(C(=O)COC(=O)c2ccc3c(c2)C(=O)N(CCC(C)C)C3=O)cc1. The maximum Gasteiger partial charge on any atom is 0.338 e. The van der Waals surface area contributed by atoms with Gasteiger partial charge in [-0.2, -0.15) is 0 Å². The molecule has 0 aromatic heterocycles. The van der Waals surface area contributed by atoms with Crippen LogP contribution in [-0.2, 0) is 4.74 Å². The Labute approximate surface area is 174 Å². The van der Waals surface area contributed by atoms with Gasteiger partial charge in [-0.15, -0.1) is 0 Å². The lowest BCUT2D eigenvalue weighted by atomic mass is 10.1. The van der Waals surface area contributed by atoms with Gasteiger partial charge in [0.15, 0.2) is 12.4 Å². The third kappa shape index (κ3) is 4.40. The number of imide groups is 1. The average molecular weight is 409 g/mol. The maximum atomic E-state index is 12.6. The highest BCUT2D eigenvalue weighted by Crippen LogP contribution is 2.25. The number of hydrogen-bond acceptors (Lipinski definition) is 6. The molecule has 2 aromatic carbocycles. The lowest BCUT2D eigenvalue weighted by molar-refractivity contribution is 0.0474. The van der Waals surface area contributed by atoms with E-state index >= 15 is 0 Å². The Hall–Kier alpha value is -3.48. The molecule has 0 saturated carbocycles. The van der Waals surface area contributed by atoms with Gasteiger partial charge in [0.1, 0.15) is 5.75 Å². The number of benzene rings is 2. The second-order valence-corrected chi connectivity index (χ2v) is 7.43. The molecule has 7 heteroatoms. The molecule has 3 rings (SSSR count). The van der Waals surface area contributed by atoms with Crippen LogP contribution >= 0.6 is 0 Å². The molecule has 1 heterocycles. The van der Waals surface area contributed by atoms with Crippen molar-refractivity contribution < 1.29 is 28.7 Å². The van der Waals surface area contributed by atoms with Crippen molar-refractivity contribution in [3.05, 3.63) is 64.7 Å². The fraction of sp³-hybridized carbons (Fsp3) is 0.304. The summed E-state index contributed by atoms with van der Waals surface area (Å²) in [6.45, 7) is 3.93. The Morgan fingerprint density at radius 3 is 2.20 bits per heavy atom. The van der Waals surface area contributed by atoms with Crippen molar-refractivity contribution in [3.8, 4) is 5.75 Å². The van der Waals surface area contributed by atoms with E-state index in [0.717, 1.165) is 0 Å². The highest BCUT2D eigenvalue weighted by molar-refractivity contribution is 6.22. The molecule has 1 aliphatic rings. The van der Waals surface area contributed by atoms with Crippen LogP contribution in [0.15, 0.2) is 42.5 Å². The van der Waals surface area contributed by atoms with Gasteiger partial charge in [0.25, 0.3) is 11.8 Å². The number of carbonyl (C=O) groups excluding carboxylic acids is 4. The molecule has 156 valence electrons. The van der Waals surface area contributed by atoms with Crippen molar-refractivity contribution in [1.82, 2.24) is 4.90 Å². The van der Waals surface area contributed by atoms with Crippen LogP contribution in [-0.4, -0.2) is 48.7 Å². The van der Waals surface area contributed by atoms with Crippen molar-refractivity contribution in [1.29, 1.82) is 0 Å². The number of rotatable bonds is 8. The standard InChI is InChI=1S/C23H23NO6/c1-14(2)10-11-24-21(26)18-9-6-16(12-19(18)22(24)27)23(28)30-13-20(25)15-4-7-17(29-3)8-5-15/h4-9,12,14H,10-11,13H2,1-3H3. The normalized spacial score (nSPS) is 12.9. The molecule has 0 spiro atoms. The molecule has 7 nitrogen and oxygen atoms in total. The molecule has 1 aliphatic heterocycles. The predicted molar refractivity (Wildman–Crippen MR) is 109 cm³/mol. The number of amides is 2. The van der Waals surface area contributed by atoms with E-state index in [0.29, 0.717) is 30.2 Å². The van der Waals surface area contributed by atoms with Crippen LogP contribution in [0.2, 0.25) is 0 Å². The van der Waals surface area contributed by atoms with E-state index in [-0.39, 0.29) is 28.4 Å². The van der Waals surface area contributed by atoms with Crippen LogP contribution in [0.25, 0.3) is 0 Å². The predicted octanol–water partition coefficient (Wildman–Crippen LogP) is 3.38. The number of methoxy groups -OCH3 is 1. The third-order valence-corrected chi connectivity index (χ3v) is 4.88. The first kappa shape index (κ1) is 21.2. The zero-order chi connectivity index (χ0) is 21.8. The molecular formula is C23H23NO6. The van der Waals surface area contributed by atoms with Gasteiger partial charge in [0, 0.05) is 12.1 Å². The number of ether oxygens (including phenoxy) is 2. The van der Waals surface area contributed by atoms with E-state index < -0.39 is 18.5 Å². The molecule has 0 bridgehead atoms. The fourth-order valence-corrected chi connectivity index (χ4v) is 3.08. The van der Waals surface area contributed by atoms with Gasteiger partial charge < -0.3 is 9.47 Å². The Balaban J connectivity index is 1.66. The number of carbonyl (C=O) groups is 4. The summed E-state index contributed by atoms with van der Waals surface area (Å²) in [6.07, 6.45) is 0.702. The fourth-order valence-electron chi connectivity index (χ4n) is 3.08. The monoisotopic (exact) mass is 409 g/mol. The number of nitrogens with zero attached hydrogens (tertiary/aromatic N) is 1. The van der Waals surface area contributed by atoms with Gasteiger partial charge in [0.05, 0.1) is 23.8 Å². The number of ketones is 1. The van der Waals surface area contributed by atoms with Crippen LogP contribution < -0.4 is 4.74 Å². The second-order valence-electron chi connectivity index (χ2n) is 7.43. The molecule has 0 saturated heterocycles. The second kappa shape index (κ2) is 8.90. The summed E-state index contributed by atoms with van der Waals surface area (Å²) < 4.78 is 10.1. The molecule has 0 unspecified atom stereocenters. The molecule has 2 amide bonds. The maximum absolute atomic E-state index is 12.6. The number of Topliss-reactive ketones (excluding diaryl/α,β-unsaturated/α-hetero) is 1. The summed E-state index contributed by atoms with van der Waals surface area (Å²) >= 11 is 0. The Bertz CT molecular complexity index is 993. The van der Waals surface area contributed by atoms with E-state index in [1.807, 2.05) is 13.8 Å². The van der Waals surface area contributed by atoms with Crippen LogP contribution in [0.3, 0.4) is 0 Å². The van der Waals surface area contributed by atoms with Gasteiger partial charge in [-0.3, -0.25) is 19.3 Å². The number of fused-ring (bicyclic) bond motifs is 1. The molecule has 0 aliphatic carbocycles. The van der Waals surface area contributed by atoms with Gasteiger partial charge in [-0.25, -0.2) is 4.79 Å². The summed E-state index contributed by atoms with van der Waals surface area (Å²) in [5, 5.41) is 0. The zero-order valence-electron chi connectivity index (χ0n) is 17.1. The van der Waals surface area contributed by atoms with E-state index in [4.69, 9.17) is 9.47 Å². The van der Waals surface area contributed by atoms with E-state index in [2.05, 4.69) is 0 Å². The topological polar surface area (TPSA) is 90.0 Å². The van der Waals surface area contributed by atoms with E-state index in [9.17, 15) is 19.2 Å². The number of hydrogen-bond donors (Lipinski definition) is 0. The zero-order valence-corrected chi connectivity index (χ0v) is 17.1. The molecule has 30 heavy (non-hydrogen) atoms. The highest BCUT2D eigenvalue weighted by atomic mass is 16.5. The van der Waals surface area contributed by atoms with Crippen LogP contribution in [0.4, 0.5) is 0 Å². The molecule has 0 atom stereocenters. The molecular weight excluding hydrogens is 386 g/mol. The first-order valence-electron chi connectivity index (χ1n) is 9.66. The van der Waals surface area contributed by atoms with Gasteiger partial charge in [-0.1, -0.05) is 13.8 Å². The molecule has 0 N–H and O–H groups in total. The third-order valence-electron chi connectivity index (χ3n) is 4.88. The summed E-state index contributed by atoms with van der Waals surface area (Å²) in [7, 11) is 1.52. The Morgan fingerprint density at radius 1 is 0.933 bits per heavy atom. The van der Waals surface area contributed by atoms with Crippen molar-refractivity contribution in [3.63, 3.8) is 0 Å². The average Bonchev–Trinajstić information content (AvgIpc) is 2.99. The highest BCUT2D eigenvalue weighted by Gasteiger charge is 2.35. The van der Waals surface area contributed by atoms with E-state index in [1.54, 1.807) is 24.3 Å². The molecule has 0 fully saturated rings. The molecule has 0 radical (unpaired) electrons. The van der Waals surface area contributed by atoms with Crippen molar-refractivity contribution in [2.24, 2.45) is 5.92 Å². The number of esters is 1. The van der Waals surface area contributed by atoms with Gasteiger partial charge >= 0.3 is 5.97 Å². The van der Waals surface area contributed by atoms with Gasteiger partial charge in [-0.05, 0) is 54.8 Å². The summed E-state index contributed by atoms with van der Waals surface area (Å²) in [5.74, 6) is -0.907. The van der Waals surface area contributed by atoms with Crippen LogP contribution in [0, 0.1) is 5.92 Å². The smallest absolute Gasteiger partial charge is 0.338 e. The van der Waals surface area contributed by atoms with Crippen LogP contribution in [0.1, 0.15) is 61.7 Å². The summed E-state index contributed by atoms with van der Waals surface area (Å²) in [4.78, 5) is 50.8. The van der Waals surface area contributed by atoms with Gasteiger partial charge in [0.2, 0.25) is 0 Å². The van der Waals surface area contributed by atoms with E-state index in [1.165, 1.54) is 30.2 Å². The van der Waals surface area contributed by atoms with Crippen LogP contribution in [0.5, 0.6) is 5.75 Å². The summed E-state index contributed by atoms with van der Waals surface area (Å²) in [6, 6.07) is 10.7. The summed E-state index contributed by atoms with van der Waals surface area (Å²) in [5.41, 5.74) is 0.955. The Kier molecular flexibility index (Phi) is 6.30. The minimum absolute atomic E-state index is 0.114. The largest absolute Gasteiger partial charge is 0.497 e. The first-order valence-corrected chi connectivity index (χ1v) is 9.66. The molecule has 2 aromatic rings.